The minimum absolute atomic E-state index is 0.602. The Morgan fingerprint density at radius 3 is 1.75 bits per heavy atom. The Kier molecular flexibility index (Phi) is 4.79. The number of nitrogens with one attached hydrogen (secondary N) is 2. The second-order valence-electron chi connectivity index (χ2n) is 6.02. The highest BCUT2D eigenvalue weighted by molar-refractivity contribution is 6.43. The van der Waals surface area contributed by atoms with Crippen molar-refractivity contribution in [2.24, 2.45) is 0 Å². The molecule has 0 saturated carbocycles. The van der Waals surface area contributed by atoms with Crippen molar-refractivity contribution < 1.29 is 9.59 Å². The van der Waals surface area contributed by atoms with E-state index in [0.29, 0.717) is 11.4 Å². The zero-order valence-corrected chi connectivity index (χ0v) is 13.7. The van der Waals surface area contributed by atoms with Crippen molar-refractivity contribution in [2.75, 3.05) is 28.6 Å². The van der Waals surface area contributed by atoms with E-state index in [1.165, 1.54) is 12.8 Å². The summed E-state index contributed by atoms with van der Waals surface area (Å²) in [7, 11) is 0. The molecule has 1 aliphatic heterocycles. The summed E-state index contributed by atoms with van der Waals surface area (Å²) in [4.78, 5) is 26.3. The van der Waals surface area contributed by atoms with E-state index in [0.717, 1.165) is 24.3 Å². The van der Waals surface area contributed by atoms with Crippen molar-refractivity contribution >= 4 is 28.9 Å². The maximum atomic E-state index is 12.0. The standard InChI is InChI=1S/C19H21N3O2/c1-14-4-6-15(7-5-14)20-18(23)19(24)21-16-8-10-17(11-9-16)22-12-2-3-13-22/h4-11H,2-3,12-13H2,1H3,(H,20,23)(H,21,24). The van der Waals surface area contributed by atoms with Crippen LogP contribution in [0.15, 0.2) is 48.5 Å². The van der Waals surface area contributed by atoms with E-state index in [2.05, 4.69) is 15.5 Å². The lowest BCUT2D eigenvalue weighted by Gasteiger charge is -2.17. The van der Waals surface area contributed by atoms with Gasteiger partial charge in [-0.3, -0.25) is 9.59 Å². The number of nitrogens with zero attached hydrogens (tertiary/aromatic N) is 1. The van der Waals surface area contributed by atoms with E-state index in [-0.39, 0.29) is 0 Å². The number of carbonyl (C=O) groups is 2. The van der Waals surface area contributed by atoms with Crippen LogP contribution in [0, 0.1) is 6.92 Å². The molecule has 1 fully saturated rings. The molecule has 0 radical (unpaired) electrons. The summed E-state index contributed by atoms with van der Waals surface area (Å²) in [5, 5.41) is 5.21. The van der Waals surface area contributed by atoms with Crippen molar-refractivity contribution in [1.82, 2.24) is 0 Å². The maximum absolute atomic E-state index is 12.0. The minimum Gasteiger partial charge on any atom is -0.372 e. The monoisotopic (exact) mass is 323 g/mol. The molecule has 0 unspecified atom stereocenters. The summed E-state index contributed by atoms with van der Waals surface area (Å²) in [5.74, 6) is -1.35. The van der Waals surface area contributed by atoms with Gasteiger partial charge in [-0.05, 0) is 56.2 Å². The normalized spacial score (nSPS) is 13.6. The molecule has 0 aromatic heterocycles. The Balaban J connectivity index is 1.57. The third-order valence-electron chi connectivity index (χ3n) is 4.11. The molecule has 0 bridgehead atoms. The van der Waals surface area contributed by atoms with Gasteiger partial charge in [0.15, 0.2) is 0 Å². The second kappa shape index (κ2) is 7.17. The second-order valence-corrected chi connectivity index (χ2v) is 6.02. The Bertz CT molecular complexity index is 717. The molecule has 2 N–H and O–H groups in total. The molecule has 2 amide bonds. The van der Waals surface area contributed by atoms with Crippen molar-refractivity contribution in [2.45, 2.75) is 19.8 Å². The number of amides is 2. The van der Waals surface area contributed by atoms with Crippen molar-refractivity contribution in [3.05, 3.63) is 54.1 Å². The van der Waals surface area contributed by atoms with Crippen LogP contribution < -0.4 is 15.5 Å². The molecule has 3 rings (SSSR count). The average Bonchev–Trinajstić information content (AvgIpc) is 3.12. The van der Waals surface area contributed by atoms with E-state index in [1.54, 1.807) is 12.1 Å². The van der Waals surface area contributed by atoms with Gasteiger partial charge in [-0.2, -0.15) is 0 Å². The first kappa shape index (κ1) is 16.1. The van der Waals surface area contributed by atoms with Gasteiger partial charge < -0.3 is 15.5 Å². The SMILES string of the molecule is Cc1ccc(NC(=O)C(=O)Nc2ccc(N3CCCC3)cc2)cc1. The molecular formula is C19H21N3O2. The van der Waals surface area contributed by atoms with E-state index in [1.807, 2.05) is 43.3 Å². The maximum Gasteiger partial charge on any atom is 0.314 e. The lowest BCUT2D eigenvalue weighted by molar-refractivity contribution is -0.132. The Morgan fingerprint density at radius 1 is 0.792 bits per heavy atom. The summed E-state index contributed by atoms with van der Waals surface area (Å²) in [6.07, 6.45) is 2.44. The molecule has 0 atom stereocenters. The number of hydrogen-bond acceptors (Lipinski definition) is 3. The van der Waals surface area contributed by atoms with E-state index in [4.69, 9.17) is 0 Å². The van der Waals surface area contributed by atoms with Crippen LogP contribution in [0.1, 0.15) is 18.4 Å². The highest BCUT2D eigenvalue weighted by Crippen LogP contribution is 2.22. The molecule has 24 heavy (non-hydrogen) atoms. The fourth-order valence-corrected chi connectivity index (χ4v) is 2.74. The van der Waals surface area contributed by atoms with Crippen molar-refractivity contribution in [3.63, 3.8) is 0 Å². The first-order valence-corrected chi connectivity index (χ1v) is 8.16. The van der Waals surface area contributed by atoms with Gasteiger partial charge in [0.25, 0.3) is 0 Å². The van der Waals surface area contributed by atoms with Crippen LogP contribution in [0.2, 0.25) is 0 Å². The highest BCUT2D eigenvalue weighted by Gasteiger charge is 2.15. The molecular weight excluding hydrogens is 302 g/mol. The van der Waals surface area contributed by atoms with Gasteiger partial charge in [0, 0.05) is 30.2 Å². The van der Waals surface area contributed by atoms with Crippen molar-refractivity contribution in [3.8, 4) is 0 Å². The molecule has 124 valence electrons. The van der Waals surface area contributed by atoms with Gasteiger partial charge >= 0.3 is 11.8 Å². The van der Waals surface area contributed by atoms with E-state index >= 15 is 0 Å². The predicted molar refractivity (Wildman–Crippen MR) is 96.3 cm³/mol. The fraction of sp³-hybridized carbons (Fsp3) is 0.263. The highest BCUT2D eigenvalue weighted by atomic mass is 16.2. The van der Waals surface area contributed by atoms with Gasteiger partial charge in [-0.1, -0.05) is 17.7 Å². The van der Waals surface area contributed by atoms with Crippen LogP contribution in [0.5, 0.6) is 0 Å². The lowest BCUT2D eigenvalue weighted by atomic mass is 10.2. The van der Waals surface area contributed by atoms with Crippen LogP contribution in [-0.2, 0) is 9.59 Å². The lowest BCUT2D eigenvalue weighted by Crippen LogP contribution is -2.29. The molecule has 2 aromatic rings. The molecule has 0 aliphatic carbocycles. The average molecular weight is 323 g/mol. The molecule has 5 nitrogen and oxygen atoms in total. The molecule has 1 saturated heterocycles. The largest absolute Gasteiger partial charge is 0.372 e. The Labute approximate surface area is 141 Å². The van der Waals surface area contributed by atoms with Gasteiger partial charge in [0.1, 0.15) is 0 Å². The molecule has 1 heterocycles. The molecule has 2 aromatic carbocycles. The number of carbonyl (C=O) groups excluding carboxylic acids is 2. The summed E-state index contributed by atoms with van der Waals surface area (Å²) < 4.78 is 0. The van der Waals surface area contributed by atoms with Crippen LogP contribution in [0.4, 0.5) is 17.1 Å². The zero-order chi connectivity index (χ0) is 16.9. The summed E-state index contributed by atoms with van der Waals surface area (Å²) >= 11 is 0. The number of hydrogen-bond donors (Lipinski definition) is 2. The fourth-order valence-electron chi connectivity index (χ4n) is 2.74. The van der Waals surface area contributed by atoms with Gasteiger partial charge in [-0.15, -0.1) is 0 Å². The number of benzene rings is 2. The third-order valence-corrected chi connectivity index (χ3v) is 4.11. The Hall–Kier alpha value is -2.82. The number of rotatable bonds is 3. The molecule has 0 spiro atoms. The number of aryl methyl sites for hydroxylation is 1. The summed E-state index contributed by atoms with van der Waals surface area (Å²) in [6.45, 7) is 4.11. The van der Waals surface area contributed by atoms with Gasteiger partial charge in [0.05, 0.1) is 0 Å². The first-order chi connectivity index (χ1) is 11.6. The van der Waals surface area contributed by atoms with Gasteiger partial charge in [-0.25, -0.2) is 0 Å². The molecule has 5 heteroatoms. The zero-order valence-electron chi connectivity index (χ0n) is 13.7. The van der Waals surface area contributed by atoms with Gasteiger partial charge in [0.2, 0.25) is 0 Å². The van der Waals surface area contributed by atoms with Crippen LogP contribution in [-0.4, -0.2) is 24.9 Å². The number of anilines is 3. The summed E-state index contributed by atoms with van der Waals surface area (Å²) in [6, 6.07) is 14.9. The third kappa shape index (κ3) is 3.93. The first-order valence-electron chi connectivity index (χ1n) is 8.16. The van der Waals surface area contributed by atoms with Crippen LogP contribution in [0.25, 0.3) is 0 Å². The minimum atomic E-state index is -0.678. The van der Waals surface area contributed by atoms with Crippen molar-refractivity contribution in [1.29, 1.82) is 0 Å². The molecule has 1 aliphatic rings. The van der Waals surface area contributed by atoms with Crippen LogP contribution >= 0.6 is 0 Å². The van der Waals surface area contributed by atoms with E-state index < -0.39 is 11.8 Å². The Morgan fingerprint density at radius 2 is 1.25 bits per heavy atom. The van der Waals surface area contributed by atoms with E-state index in [9.17, 15) is 9.59 Å². The summed E-state index contributed by atoms with van der Waals surface area (Å²) in [5.41, 5.74) is 3.46. The topological polar surface area (TPSA) is 61.4 Å². The smallest absolute Gasteiger partial charge is 0.314 e. The van der Waals surface area contributed by atoms with Crippen LogP contribution in [0.3, 0.4) is 0 Å². The predicted octanol–water partition coefficient (Wildman–Crippen LogP) is 3.17. The quantitative estimate of drug-likeness (QED) is 0.853.